The Kier molecular flexibility index (Phi) is 3.68. The Morgan fingerprint density at radius 1 is 0.929 bits per heavy atom. The van der Waals surface area contributed by atoms with Crippen LogP contribution < -0.4 is 0 Å². The van der Waals surface area contributed by atoms with Gasteiger partial charge in [-0.1, -0.05) is 32.9 Å². The van der Waals surface area contributed by atoms with Crippen molar-refractivity contribution in [2.75, 3.05) is 0 Å². The van der Waals surface area contributed by atoms with Crippen LogP contribution in [0.15, 0.2) is 24.3 Å². The zero-order valence-corrected chi connectivity index (χ0v) is 9.31. The Bertz CT molecular complexity index is 262. The molecule has 0 unspecified atom stereocenters. The Morgan fingerprint density at radius 3 is 1.71 bits per heavy atom. The second-order valence-electron chi connectivity index (χ2n) is 3.85. The van der Waals surface area contributed by atoms with Crippen molar-refractivity contribution in [3.05, 3.63) is 35.6 Å². The summed E-state index contributed by atoms with van der Waals surface area (Å²) in [6.45, 7) is 6.61. The third-order valence-corrected chi connectivity index (χ3v) is 3.49. The Labute approximate surface area is 86.2 Å². The molecule has 0 heterocycles. The summed E-state index contributed by atoms with van der Waals surface area (Å²) in [5, 5.41) is 0. The summed E-state index contributed by atoms with van der Waals surface area (Å²) in [6.07, 6.45) is 3.35. The second kappa shape index (κ2) is 4.59. The third kappa shape index (κ3) is 1.97. The van der Waals surface area contributed by atoms with Crippen LogP contribution in [0.1, 0.15) is 45.6 Å². The summed E-state index contributed by atoms with van der Waals surface area (Å²) in [5.41, 5.74) is 1.51. The van der Waals surface area contributed by atoms with Gasteiger partial charge in [0.1, 0.15) is 5.82 Å². The molecule has 1 aromatic carbocycles. The molecule has 1 rings (SSSR count). The summed E-state index contributed by atoms with van der Waals surface area (Å²) in [6, 6.07) is 6.97. The first-order valence-electron chi connectivity index (χ1n) is 5.44. The molecule has 0 spiro atoms. The molecule has 14 heavy (non-hydrogen) atoms. The first-order chi connectivity index (χ1) is 6.68. The van der Waals surface area contributed by atoms with Crippen LogP contribution in [-0.4, -0.2) is 0 Å². The van der Waals surface area contributed by atoms with Gasteiger partial charge in [0, 0.05) is 0 Å². The highest BCUT2D eigenvalue weighted by Crippen LogP contribution is 2.34. The number of benzene rings is 1. The molecule has 0 aliphatic heterocycles. The van der Waals surface area contributed by atoms with Gasteiger partial charge in [-0.3, -0.25) is 0 Å². The van der Waals surface area contributed by atoms with E-state index in [1.165, 1.54) is 5.56 Å². The average Bonchev–Trinajstić information content (AvgIpc) is 2.24. The highest BCUT2D eigenvalue weighted by atomic mass is 19.1. The highest BCUT2D eigenvalue weighted by Gasteiger charge is 2.25. The first kappa shape index (κ1) is 11.2. The minimum Gasteiger partial charge on any atom is -0.207 e. The van der Waals surface area contributed by atoms with Gasteiger partial charge in [0.05, 0.1) is 0 Å². The molecule has 0 aromatic heterocycles. The molecule has 0 saturated carbocycles. The molecule has 0 bridgehead atoms. The van der Waals surface area contributed by atoms with Crippen LogP contribution in [0, 0.1) is 5.82 Å². The lowest BCUT2D eigenvalue weighted by molar-refractivity contribution is 0.381. The molecule has 0 amide bonds. The number of hydrogen-bond acceptors (Lipinski definition) is 0. The van der Waals surface area contributed by atoms with Gasteiger partial charge in [0.25, 0.3) is 0 Å². The van der Waals surface area contributed by atoms with Crippen molar-refractivity contribution >= 4 is 0 Å². The largest absolute Gasteiger partial charge is 0.207 e. The lowest BCUT2D eigenvalue weighted by Crippen LogP contribution is -2.23. The van der Waals surface area contributed by atoms with Crippen molar-refractivity contribution in [1.29, 1.82) is 0 Å². The van der Waals surface area contributed by atoms with E-state index in [0.717, 1.165) is 19.3 Å². The zero-order chi connectivity index (χ0) is 10.6. The summed E-state index contributed by atoms with van der Waals surface area (Å²) in [4.78, 5) is 0. The zero-order valence-electron chi connectivity index (χ0n) is 9.31. The van der Waals surface area contributed by atoms with Crippen molar-refractivity contribution in [2.45, 2.75) is 45.4 Å². The standard InChI is InChI=1S/C13H19F/c1-4-13(5-2,6-3)11-7-9-12(14)10-8-11/h7-10H,4-6H2,1-3H3. The monoisotopic (exact) mass is 194 g/mol. The lowest BCUT2D eigenvalue weighted by atomic mass is 9.74. The van der Waals surface area contributed by atoms with Gasteiger partial charge in [-0.15, -0.1) is 0 Å². The predicted molar refractivity (Wildman–Crippen MR) is 59.0 cm³/mol. The summed E-state index contributed by atoms with van der Waals surface area (Å²) in [5.74, 6) is -0.147. The van der Waals surface area contributed by atoms with E-state index in [2.05, 4.69) is 20.8 Å². The van der Waals surface area contributed by atoms with Gasteiger partial charge < -0.3 is 0 Å². The number of hydrogen-bond donors (Lipinski definition) is 0. The lowest BCUT2D eigenvalue weighted by Gasteiger charge is -2.31. The van der Waals surface area contributed by atoms with Crippen molar-refractivity contribution in [1.82, 2.24) is 0 Å². The van der Waals surface area contributed by atoms with Crippen molar-refractivity contribution < 1.29 is 4.39 Å². The van der Waals surface area contributed by atoms with Crippen LogP contribution in [0.5, 0.6) is 0 Å². The van der Waals surface area contributed by atoms with E-state index >= 15 is 0 Å². The second-order valence-corrected chi connectivity index (χ2v) is 3.85. The molecule has 0 N–H and O–H groups in total. The van der Waals surface area contributed by atoms with Gasteiger partial charge >= 0.3 is 0 Å². The fourth-order valence-corrected chi connectivity index (χ4v) is 2.17. The summed E-state index contributed by atoms with van der Waals surface area (Å²) in [7, 11) is 0. The molecular weight excluding hydrogens is 175 g/mol. The predicted octanol–water partition coefficient (Wildman–Crippen LogP) is 4.29. The van der Waals surface area contributed by atoms with Gasteiger partial charge in [0.15, 0.2) is 0 Å². The molecule has 0 fully saturated rings. The molecule has 0 nitrogen and oxygen atoms in total. The normalized spacial score (nSPS) is 11.7. The van der Waals surface area contributed by atoms with Gasteiger partial charge in [-0.2, -0.15) is 0 Å². The van der Waals surface area contributed by atoms with E-state index in [4.69, 9.17) is 0 Å². The molecule has 0 aliphatic carbocycles. The Morgan fingerprint density at radius 2 is 1.36 bits per heavy atom. The molecule has 1 aromatic rings. The van der Waals surface area contributed by atoms with Crippen LogP contribution in [0.25, 0.3) is 0 Å². The van der Waals surface area contributed by atoms with E-state index in [9.17, 15) is 4.39 Å². The first-order valence-corrected chi connectivity index (χ1v) is 5.44. The van der Waals surface area contributed by atoms with Crippen LogP contribution in [0.2, 0.25) is 0 Å². The van der Waals surface area contributed by atoms with Crippen LogP contribution >= 0.6 is 0 Å². The molecule has 0 radical (unpaired) electrons. The molecular formula is C13H19F. The summed E-state index contributed by atoms with van der Waals surface area (Å²) < 4.78 is 12.8. The number of rotatable bonds is 4. The smallest absolute Gasteiger partial charge is 0.123 e. The number of halogens is 1. The molecule has 78 valence electrons. The van der Waals surface area contributed by atoms with Crippen LogP contribution in [-0.2, 0) is 5.41 Å². The third-order valence-electron chi connectivity index (χ3n) is 3.49. The van der Waals surface area contributed by atoms with Crippen LogP contribution in [0.3, 0.4) is 0 Å². The fourth-order valence-electron chi connectivity index (χ4n) is 2.17. The molecule has 1 heteroatoms. The minimum atomic E-state index is -0.147. The summed E-state index contributed by atoms with van der Waals surface area (Å²) >= 11 is 0. The van der Waals surface area contributed by atoms with Crippen molar-refractivity contribution in [3.63, 3.8) is 0 Å². The Balaban J connectivity index is 3.05. The maximum Gasteiger partial charge on any atom is 0.123 e. The van der Waals surface area contributed by atoms with E-state index in [0.29, 0.717) is 0 Å². The van der Waals surface area contributed by atoms with E-state index in [1.54, 1.807) is 12.1 Å². The van der Waals surface area contributed by atoms with E-state index in [-0.39, 0.29) is 11.2 Å². The van der Waals surface area contributed by atoms with Gasteiger partial charge in [-0.05, 0) is 42.4 Å². The minimum absolute atomic E-state index is 0.147. The maximum absolute atomic E-state index is 12.8. The van der Waals surface area contributed by atoms with E-state index < -0.39 is 0 Å². The highest BCUT2D eigenvalue weighted by molar-refractivity contribution is 5.25. The van der Waals surface area contributed by atoms with Gasteiger partial charge in [0.2, 0.25) is 0 Å². The van der Waals surface area contributed by atoms with E-state index in [1.807, 2.05) is 12.1 Å². The fraction of sp³-hybridized carbons (Fsp3) is 0.538. The topological polar surface area (TPSA) is 0 Å². The van der Waals surface area contributed by atoms with Crippen molar-refractivity contribution in [2.24, 2.45) is 0 Å². The molecule has 0 aliphatic rings. The van der Waals surface area contributed by atoms with Crippen molar-refractivity contribution in [3.8, 4) is 0 Å². The quantitative estimate of drug-likeness (QED) is 0.670. The van der Waals surface area contributed by atoms with Gasteiger partial charge in [-0.25, -0.2) is 4.39 Å². The van der Waals surface area contributed by atoms with Crippen LogP contribution in [0.4, 0.5) is 4.39 Å². The SMILES string of the molecule is CCC(CC)(CC)c1ccc(F)cc1. The molecule has 0 saturated heterocycles. The Hall–Kier alpha value is -0.850. The maximum atomic E-state index is 12.8. The average molecular weight is 194 g/mol. The molecule has 0 atom stereocenters.